The number of hydrogen-bond acceptors (Lipinski definition) is 5. The average Bonchev–Trinajstić information content (AvgIpc) is 3.40. The highest BCUT2D eigenvalue weighted by Gasteiger charge is 2.35. The van der Waals surface area contributed by atoms with Crippen LogP contribution < -0.4 is 4.74 Å². The van der Waals surface area contributed by atoms with Gasteiger partial charge in [-0.15, -0.1) is 0 Å². The van der Waals surface area contributed by atoms with Crippen molar-refractivity contribution < 1.29 is 18.7 Å². The molecule has 0 bridgehead atoms. The van der Waals surface area contributed by atoms with Gasteiger partial charge in [0.2, 0.25) is 5.88 Å². The fourth-order valence-corrected chi connectivity index (χ4v) is 2.14. The standard InChI is InChI=1S/C17H17FN2O3/c1-2-22-17(21)13-10-19-15(14(18)11-8-9-11)20-16(13)23-12-6-4-3-5-7-12/h3-7,10-11,14H,2,8-9H2,1H3. The van der Waals surface area contributed by atoms with Crippen LogP contribution in [0.3, 0.4) is 0 Å². The summed E-state index contributed by atoms with van der Waals surface area (Å²) in [6.07, 6.45) is 1.70. The quantitative estimate of drug-likeness (QED) is 0.757. The number of ether oxygens (including phenoxy) is 2. The lowest BCUT2D eigenvalue weighted by Crippen LogP contribution is -2.11. The Balaban J connectivity index is 1.93. The molecule has 1 aromatic carbocycles. The molecular formula is C17H17FN2O3. The van der Waals surface area contributed by atoms with Gasteiger partial charge < -0.3 is 9.47 Å². The number of benzene rings is 1. The zero-order valence-electron chi connectivity index (χ0n) is 12.7. The van der Waals surface area contributed by atoms with Crippen molar-refractivity contribution in [2.75, 3.05) is 6.61 Å². The van der Waals surface area contributed by atoms with E-state index in [1.807, 2.05) is 6.07 Å². The summed E-state index contributed by atoms with van der Waals surface area (Å²) in [5.74, 6) is -0.0567. The van der Waals surface area contributed by atoms with Gasteiger partial charge in [0, 0.05) is 6.20 Å². The normalized spacial score (nSPS) is 15.0. The summed E-state index contributed by atoms with van der Waals surface area (Å²) in [5.41, 5.74) is 0.0856. The van der Waals surface area contributed by atoms with Crippen LogP contribution in [0.5, 0.6) is 11.6 Å². The number of alkyl halides is 1. The Bertz CT molecular complexity index is 689. The van der Waals surface area contributed by atoms with E-state index in [9.17, 15) is 9.18 Å². The van der Waals surface area contributed by atoms with Crippen molar-refractivity contribution in [3.63, 3.8) is 0 Å². The molecule has 5 nitrogen and oxygen atoms in total. The van der Waals surface area contributed by atoms with E-state index in [1.165, 1.54) is 6.20 Å². The van der Waals surface area contributed by atoms with Gasteiger partial charge in [-0.1, -0.05) is 18.2 Å². The second-order valence-corrected chi connectivity index (χ2v) is 5.32. The zero-order chi connectivity index (χ0) is 16.2. The van der Waals surface area contributed by atoms with Crippen molar-refractivity contribution in [3.05, 3.63) is 47.9 Å². The van der Waals surface area contributed by atoms with E-state index < -0.39 is 12.1 Å². The van der Waals surface area contributed by atoms with E-state index in [0.717, 1.165) is 12.8 Å². The molecule has 3 rings (SSSR count). The molecule has 0 N–H and O–H groups in total. The number of rotatable bonds is 6. The van der Waals surface area contributed by atoms with E-state index in [4.69, 9.17) is 9.47 Å². The summed E-state index contributed by atoms with van der Waals surface area (Å²) in [7, 11) is 0. The predicted octanol–water partition coefficient (Wildman–Crippen LogP) is 3.87. The van der Waals surface area contributed by atoms with Gasteiger partial charge >= 0.3 is 5.97 Å². The number of halogens is 1. The number of aromatic nitrogens is 2. The van der Waals surface area contributed by atoms with Crippen LogP contribution in [0.4, 0.5) is 4.39 Å². The lowest BCUT2D eigenvalue weighted by Gasteiger charge is -2.12. The highest BCUT2D eigenvalue weighted by Crippen LogP contribution is 2.42. The lowest BCUT2D eigenvalue weighted by molar-refractivity contribution is 0.0521. The molecule has 120 valence electrons. The Hall–Kier alpha value is -2.50. The van der Waals surface area contributed by atoms with E-state index in [0.29, 0.717) is 5.75 Å². The Labute approximate surface area is 133 Å². The summed E-state index contributed by atoms with van der Waals surface area (Å²) in [5, 5.41) is 0. The molecule has 1 aliphatic carbocycles. The molecule has 1 fully saturated rings. The molecular weight excluding hydrogens is 299 g/mol. The number of carbonyl (C=O) groups excluding carboxylic acids is 1. The molecule has 1 aromatic heterocycles. The maximum absolute atomic E-state index is 14.2. The van der Waals surface area contributed by atoms with E-state index in [-0.39, 0.29) is 29.8 Å². The molecule has 1 saturated carbocycles. The molecule has 0 radical (unpaired) electrons. The van der Waals surface area contributed by atoms with Crippen molar-refractivity contribution in [2.45, 2.75) is 25.9 Å². The number of hydrogen-bond donors (Lipinski definition) is 0. The fraction of sp³-hybridized carbons (Fsp3) is 0.353. The largest absolute Gasteiger partial charge is 0.462 e. The Morgan fingerprint density at radius 3 is 2.74 bits per heavy atom. The zero-order valence-corrected chi connectivity index (χ0v) is 12.7. The van der Waals surface area contributed by atoms with Gasteiger partial charge in [0.1, 0.15) is 11.3 Å². The third-order valence-electron chi connectivity index (χ3n) is 3.51. The lowest BCUT2D eigenvalue weighted by atomic mass is 10.2. The summed E-state index contributed by atoms with van der Waals surface area (Å²) in [6.45, 7) is 1.93. The van der Waals surface area contributed by atoms with Gasteiger partial charge in [0.05, 0.1) is 6.61 Å². The number of nitrogens with zero attached hydrogens (tertiary/aromatic N) is 2. The Kier molecular flexibility index (Phi) is 4.50. The van der Waals surface area contributed by atoms with Crippen LogP contribution in [0.1, 0.15) is 42.1 Å². The van der Waals surface area contributed by atoms with Crippen molar-refractivity contribution in [1.29, 1.82) is 0 Å². The fourth-order valence-electron chi connectivity index (χ4n) is 2.14. The molecule has 1 atom stereocenters. The molecule has 0 amide bonds. The van der Waals surface area contributed by atoms with Crippen molar-refractivity contribution in [1.82, 2.24) is 9.97 Å². The summed E-state index contributed by atoms with van der Waals surface area (Å²) >= 11 is 0. The molecule has 0 spiro atoms. The van der Waals surface area contributed by atoms with E-state index in [2.05, 4.69) is 9.97 Å². The average molecular weight is 316 g/mol. The minimum absolute atomic E-state index is 0.0166. The Morgan fingerprint density at radius 1 is 1.35 bits per heavy atom. The highest BCUT2D eigenvalue weighted by atomic mass is 19.1. The van der Waals surface area contributed by atoms with Gasteiger partial charge in [-0.05, 0) is 37.8 Å². The molecule has 6 heteroatoms. The van der Waals surface area contributed by atoms with Crippen LogP contribution in [0.25, 0.3) is 0 Å². The summed E-state index contributed by atoms with van der Waals surface area (Å²) in [4.78, 5) is 20.1. The van der Waals surface area contributed by atoms with Gasteiger partial charge in [-0.25, -0.2) is 14.2 Å². The van der Waals surface area contributed by atoms with Crippen molar-refractivity contribution in [3.8, 4) is 11.6 Å². The minimum atomic E-state index is -1.23. The van der Waals surface area contributed by atoms with Crippen LogP contribution in [-0.4, -0.2) is 22.5 Å². The molecule has 2 aromatic rings. The van der Waals surface area contributed by atoms with Gasteiger partial charge in [0.25, 0.3) is 0 Å². The second-order valence-electron chi connectivity index (χ2n) is 5.32. The van der Waals surface area contributed by atoms with Crippen LogP contribution in [0, 0.1) is 5.92 Å². The first-order valence-electron chi connectivity index (χ1n) is 7.60. The van der Waals surface area contributed by atoms with Gasteiger partial charge in [0.15, 0.2) is 12.0 Å². The van der Waals surface area contributed by atoms with Crippen LogP contribution in [0.2, 0.25) is 0 Å². The van der Waals surface area contributed by atoms with Gasteiger partial charge in [-0.2, -0.15) is 4.98 Å². The van der Waals surface area contributed by atoms with Gasteiger partial charge in [-0.3, -0.25) is 0 Å². The minimum Gasteiger partial charge on any atom is -0.462 e. The number of esters is 1. The third-order valence-corrected chi connectivity index (χ3v) is 3.51. The van der Waals surface area contributed by atoms with Crippen molar-refractivity contribution in [2.24, 2.45) is 5.92 Å². The molecule has 1 aliphatic rings. The Morgan fingerprint density at radius 2 is 2.09 bits per heavy atom. The monoisotopic (exact) mass is 316 g/mol. The maximum Gasteiger partial charge on any atom is 0.345 e. The first-order chi connectivity index (χ1) is 11.2. The van der Waals surface area contributed by atoms with Crippen LogP contribution in [0.15, 0.2) is 36.5 Å². The van der Waals surface area contributed by atoms with Crippen LogP contribution in [-0.2, 0) is 4.74 Å². The third kappa shape index (κ3) is 3.64. The highest BCUT2D eigenvalue weighted by molar-refractivity contribution is 5.91. The second kappa shape index (κ2) is 6.73. The topological polar surface area (TPSA) is 61.3 Å². The first-order valence-corrected chi connectivity index (χ1v) is 7.60. The SMILES string of the molecule is CCOC(=O)c1cnc(C(F)C2CC2)nc1Oc1ccccc1. The number of carbonyl (C=O) groups is 1. The molecule has 0 aliphatic heterocycles. The molecule has 1 unspecified atom stereocenters. The van der Waals surface area contributed by atoms with Crippen LogP contribution >= 0.6 is 0 Å². The first kappa shape index (κ1) is 15.4. The molecule has 1 heterocycles. The van der Waals surface area contributed by atoms with E-state index in [1.54, 1.807) is 31.2 Å². The number of para-hydroxylation sites is 1. The van der Waals surface area contributed by atoms with Crippen molar-refractivity contribution >= 4 is 5.97 Å². The smallest absolute Gasteiger partial charge is 0.345 e. The summed E-state index contributed by atoms with van der Waals surface area (Å²) in [6, 6.07) is 8.89. The molecule has 0 saturated heterocycles. The van der Waals surface area contributed by atoms with E-state index >= 15 is 0 Å². The maximum atomic E-state index is 14.2. The summed E-state index contributed by atoms with van der Waals surface area (Å²) < 4.78 is 24.8. The molecule has 23 heavy (non-hydrogen) atoms. The predicted molar refractivity (Wildman–Crippen MR) is 81.1 cm³/mol.